The number of aryl methyl sites for hydroxylation is 1. The zero-order chi connectivity index (χ0) is 11.4. The van der Waals surface area contributed by atoms with Gasteiger partial charge in [-0.2, -0.15) is 0 Å². The summed E-state index contributed by atoms with van der Waals surface area (Å²) in [5.74, 6) is 0. The number of anilines is 1. The van der Waals surface area contributed by atoms with Gasteiger partial charge in [0.25, 0.3) is 0 Å². The van der Waals surface area contributed by atoms with Crippen molar-refractivity contribution in [1.82, 2.24) is 4.90 Å². The molecule has 2 rings (SSSR count). The largest absolute Gasteiger partial charge is 0.378 e. The molecule has 1 heterocycles. The van der Waals surface area contributed by atoms with Crippen molar-refractivity contribution in [2.75, 3.05) is 31.6 Å². The van der Waals surface area contributed by atoms with Crippen LogP contribution in [0.4, 0.5) is 5.69 Å². The predicted octanol–water partition coefficient (Wildman–Crippen LogP) is 2.02. The third kappa shape index (κ3) is 2.93. The normalized spacial score (nSPS) is 15.9. The molecule has 1 aromatic rings. The van der Waals surface area contributed by atoms with Crippen molar-refractivity contribution in [3.8, 4) is 0 Å². The molecule has 3 nitrogen and oxygen atoms in total. The molecule has 4 heteroatoms. The first-order valence-corrected chi connectivity index (χ1v) is 5.87. The number of nitrogens with one attached hydrogen (secondary N) is 1. The van der Waals surface area contributed by atoms with Crippen LogP contribution in [-0.4, -0.2) is 36.3 Å². The molecule has 16 heavy (non-hydrogen) atoms. The van der Waals surface area contributed by atoms with Crippen LogP contribution in [0.5, 0.6) is 0 Å². The zero-order valence-electron chi connectivity index (χ0n) is 9.40. The van der Waals surface area contributed by atoms with E-state index in [2.05, 4.69) is 29.3 Å². The first-order valence-electron chi connectivity index (χ1n) is 5.46. The summed E-state index contributed by atoms with van der Waals surface area (Å²) in [6.07, 6.45) is 0. The summed E-state index contributed by atoms with van der Waals surface area (Å²) in [4.78, 5) is 2.14. The predicted molar refractivity (Wildman–Crippen MR) is 69.8 cm³/mol. The molecule has 1 saturated heterocycles. The molecule has 0 atom stereocenters. The highest BCUT2D eigenvalue weighted by atomic mass is 32.1. The molecule has 1 aromatic carbocycles. The molecule has 0 aromatic heterocycles. The number of nitrogens with zero attached hydrogens (tertiary/aromatic N) is 1. The first kappa shape index (κ1) is 11.4. The van der Waals surface area contributed by atoms with Crippen LogP contribution in [0.1, 0.15) is 5.56 Å². The average molecular weight is 236 g/mol. The molecule has 0 spiro atoms. The third-order valence-corrected chi connectivity index (χ3v) is 2.93. The summed E-state index contributed by atoms with van der Waals surface area (Å²) in [5, 5.41) is 4.04. The van der Waals surface area contributed by atoms with Crippen LogP contribution in [0.3, 0.4) is 0 Å². The van der Waals surface area contributed by atoms with E-state index in [-0.39, 0.29) is 0 Å². The van der Waals surface area contributed by atoms with Gasteiger partial charge < -0.3 is 15.0 Å². The third-order valence-electron chi connectivity index (χ3n) is 2.57. The van der Waals surface area contributed by atoms with E-state index in [0.29, 0.717) is 0 Å². The highest BCUT2D eigenvalue weighted by Gasteiger charge is 2.13. The van der Waals surface area contributed by atoms with Crippen LogP contribution in [0, 0.1) is 6.92 Å². The van der Waals surface area contributed by atoms with Gasteiger partial charge in [-0.25, -0.2) is 0 Å². The molecule has 0 unspecified atom stereocenters. The number of hydrogen-bond acceptors (Lipinski definition) is 2. The molecule has 0 bridgehead atoms. The van der Waals surface area contributed by atoms with Gasteiger partial charge in [0.1, 0.15) is 0 Å². The number of thiocarbonyl (C=S) groups is 1. The minimum atomic E-state index is 0.760. The maximum atomic E-state index is 5.36. The van der Waals surface area contributed by atoms with Crippen molar-refractivity contribution in [3.63, 3.8) is 0 Å². The summed E-state index contributed by atoms with van der Waals surface area (Å²) in [6, 6.07) is 8.22. The van der Waals surface area contributed by atoms with Crippen LogP contribution in [-0.2, 0) is 4.74 Å². The molecular weight excluding hydrogens is 220 g/mol. The lowest BCUT2D eigenvalue weighted by molar-refractivity contribution is 0.0690. The first-order chi connectivity index (χ1) is 7.75. The summed E-state index contributed by atoms with van der Waals surface area (Å²) in [5.41, 5.74) is 2.28. The monoisotopic (exact) mass is 236 g/mol. The Morgan fingerprint density at radius 3 is 2.81 bits per heavy atom. The van der Waals surface area contributed by atoms with Gasteiger partial charge in [0.05, 0.1) is 13.2 Å². The van der Waals surface area contributed by atoms with Gasteiger partial charge in [-0.3, -0.25) is 0 Å². The number of benzene rings is 1. The molecule has 1 fully saturated rings. The lowest BCUT2D eigenvalue weighted by Crippen LogP contribution is -2.42. The molecule has 86 valence electrons. The number of ether oxygens (including phenoxy) is 1. The van der Waals surface area contributed by atoms with E-state index in [4.69, 9.17) is 17.0 Å². The average Bonchev–Trinajstić information content (AvgIpc) is 2.30. The van der Waals surface area contributed by atoms with Gasteiger partial charge in [-0.15, -0.1) is 0 Å². The molecule has 1 aliphatic heterocycles. The van der Waals surface area contributed by atoms with E-state index in [1.807, 2.05) is 12.1 Å². The van der Waals surface area contributed by atoms with Gasteiger partial charge in [0.2, 0.25) is 0 Å². The second kappa shape index (κ2) is 5.27. The van der Waals surface area contributed by atoms with E-state index in [0.717, 1.165) is 37.1 Å². The van der Waals surface area contributed by atoms with Crippen LogP contribution >= 0.6 is 12.2 Å². The highest BCUT2D eigenvalue weighted by Crippen LogP contribution is 2.11. The van der Waals surface area contributed by atoms with Crippen molar-refractivity contribution in [2.45, 2.75) is 6.92 Å². The molecule has 1 aliphatic rings. The van der Waals surface area contributed by atoms with Crippen molar-refractivity contribution < 1.29 is 4.74 Å². The lowest BCUT2D eigenvalue weighted by Gasteiger charge is -2.29. The Morgan fingerprint density at radius 2 is 2.12 bits per heavy atom. The lowest BCUT2D eigenvalue weighted by atomic mass is 10.2. The Hall–Kier alpha value is -1.13. The van der Waals surface area contributed by atoms with Gasteiger partial charge in [-0.05, 0) is 36.8 Å². The molecule has 1 N–H and O–H groups in total. The quantitative estimate of drug-likeness (QED) is 0.754. The number of hydrogen-bond donors (Lipinski definition) is 1. The van der Waals surface area contributed by atoms with Gasteiger partial charge in [0.15, 0.2) is 5.11 Å². The van der Waals surface area contributed by atoms with Crippen molar-refractivity contribution in [2.24, 2.45) is 0 Å². The molecule has 0 aliphatic carbocycles. The smallest absolute Gasteiger partial charge is 0.173 e. The van der Waals surface area contributed by atoms with E-state index in [1.54, 1.807) is 0 Å². The minimum absolute atomic E-state index is 0.760. The van der Waals surface area contributed by atoms with Crippen LogP contribution in [0.15, 0.2) is 24.3 Å². The zero-order valence-corrected chi connectivity index (χ0v) is 10.2. The summed E-state index contributed by atoms with van der Waals surface area (Å²) >= 11 is 5.36. The Morgan fingerprint density at radius 1 is 1.38 bits per heavy atom. The second-order valence-electron chi connectivity index (χ2n) is 3.90. The van der Waals surface area contributed by atoms with Crippen molar-refractivity contribution in [1.29, 1.82) is 0 Å². The van der Waals surface area contributed by atoms with Crippen molar-refractivity contribution >= 4 is 23.0 Å². The molecule has 0 radical (unpaired) electrons. The van der Waals surface area contributed by atoms with Gasteiger partial charge in [0, 0.05) is 18.8 Å². The maximum absolute atomic E-state index is 5.36. The number of rotatable bonds is 1. The Bertz CT molecular complexity index is 375. The summed E-state index contributed by atoms with van der Waals surface area (Å²) in [7, 11) is 0. The standard InChI is InChI=1S/C12H16N2OS/c1-10-3-2-4-11(9-10)13-12(16)14-5-7-15-8-6-14/h2-4,9H,5-8H2,1H3,(H,13,16). The Labute approximate surface area is 101 Å². The minimum Gasteiger partial charge on any atom is -0.378 e. The molecule has 0 saturated carbocycles. The van der Waals surface area contributed by atoms with E-state index >= 15 is 0 Å². The van der Waals surface area contributed by atoms with E-state index < -0.39 is 0 Å². The Balaban J connectivity index is 1.96. The van der Waals surface area contributed by atoms with Crippen LogP contribution in [0.2, 0.25) is 0 Å². The molecule has 0 amide bonds. The summed E-state index contributed by atoms with van der Waals surface area (Å²) < 4.78 is 5.29. The fourth-order valence-electron chi connectivity index (χ4n) is 1.69. The molecular formula is C12H16N2OS. The summed E-state index contributed by atoms with van der Waals surface area (Å²) in [6.45, 7) is 5.34. The SMILES string of the molecule is Cc1cccc(NC(=S)N2CCOCC2)c1. The maximum Gasteiger partial charge on any atom is 0.173 e. The van der Waals surface area contributed by atoms with Crippen LogP contribution in [0.25, 0.3) is 0 Å². The second-order valence-corrected chi connectivity index (χ2v) is 4.29. The highest BCUT2D eigenvalue weighted by molar-refractivity contribution is 7.80. The fourth-order valence-corrected chi connectivity index (χ4v) is 1.99. The van der Waals surface area contributed by atoms with Gasteiger partial charge in [-0.1, -0.05) is 12.1 Å². The van der Waals surface area contributed by atoms with E-state index in [1.165, 1.54) is 5.56 Å². The fraction of sp³-hybridized carbons (Fsp3) is 0.417. The van der Waals surface area contributed by atoms with Crippen LogP contribution < -0.4 is 5.32 Å². The number of morpholine rings is 1. The van der Waals surface area contributed by atoms with Gasteiger partial charge >= 0.3 is 0 Å². The van der Waals surface area contributed by atoms with E-state index in [9.17, 15) is 0 Å². The Kier molecular flexibility index (Phi) is 3.74. The topological polar surface area (TPSA) is 24.5 Å². The van der Waals surface area contributed by atoms with Crippen molar-refractivity contribution in [3.05, 3.63) is 29.8 Å².